The molecule has 1 aliphatic rings. The monoisotopic (exact) mass is 472 g/mol. The number of non-ortho nitro benzene ring substituents is 1. The van der Waals surface area contributed by atoms with Gasteiger partial charge in [-0.2, -0.15) is 0 Å². The highest BCUT2D eigenvalue weighted by Crippen LogP contribution is 2.46. The molecule has 0 N–H and O–H groups in total. The van der Waals surface area contributed by atoms with Crippen LogP contribution in [0.3, 0.4) is 0 Å². The first-order chi connectivity index (χ1) is 15.1. The Balaban J connectivity index is 1.75. The van der Waals surface area contributed by atoms with Crippen molar-refractivity contribution in [3.05, 3.63) is 67.9 Å². The van der Waals surface area contributed by atoms with E-state index in [0.29, 0.717) is 27.4 Å². The highest BCUT2D eigenvalue weighted by Gasteiger charge is 2.37. The van der Waals surface area contributed by atoms with Gasteiger partial charge in [0.15, 0.2) is 0 Å². The third-order valence-electron chi connectivity index (χ3n) is 5.19. The minimum atomic E-state index is -0.646. The maximum atomic E-state index is 13.4. The van der Waals surface area contributed by atoms with Crippen molar-refractivity contribution in [3.63, 3.8) is 0 Å². The average molecular weight is 473 g/mol. The number of fused-ring (bicyclic) bond motifs is 3. The van der Waals surface area contributed by atoms with E-state index in [1.54, 1.807) is 45.0 Å². The summed E-state index contributed by atoms with van der Waals surface area (Å²) in [6.07, 6.45) is 0. The van der Waals surface area contributed by atoms with Gasteiger partial charge in [0.1, 0.15) is 10.5 Å². The Bertz CT molecular complexity index is 1250. The van der Waals surface area contributed by atoms with Gasteiger partial charge >= 0.3 is 5.97 Å². The second-order valence-corrected chi connectivity index (χ2v) is 9.96. The number of esters is 1. The van der Waals surface area contributed by atoms with Gasteiger partial charge < -0.3 is 9.64 Å². The summed E-state index contributed by atoms with van der Waals surface area (Å²) in [5.41, 5.74) is 0.608. The number of amides is 1. The van der Waals surface area contributed by atoms with Gasteiger partial charge in [-0.25, -0.2) is 4.79 Å². The standard InChI is InChI=1S/C23H21ClN2O5S/c1-23(2,3)31-22(28)19-9-8-18(32-19)21(27)25-12-13(11-24)20-15-7-5-4-6-14(15)16(26(29)30)10-17(20)25/h4-10,13H,11-12H2,1-3H3/t13-/m1/s1. The first-order valence-corrected chi connectivity index (χ1v) is 11.4. The van der Waals surface area contributed by atoms with Gasteiger partial charge in [-0.1, -0.05) is 18.2 Å². The van der Waals surface area contributed by atoms with Gasteiger partial charge in [0.05, 0.1) is 20.9 Å². The molecule has 0 unspecified atom stereocenters. The van der Waals surface area contributed by atoms with E-state index in [0.717, 1.165) is 22.3 Å². The van der Waals surface area contributed by atoms with E-state index >= 15 is 0 Å². The van der Waals surface area contributed by atoms with Crippen molar-refractivity contribution >= 4 is 57.0 Å². The van der Waals surface area contributed by atoms with E-state index in [4.69, 9.17) is 16.3 Å². The lowest BCUT2D eigenvalue weighted by atomic mass is 9.95. The molecule has 0 radical (unpaired) electrons. The fraction of sp³-hybridized carbons (Fsp3) is 0.304. The Kier molecular flexibility index (Phi) is 5.68. The first kappa shape index (κ1) is 22.2. The smallest absolute Gasteiger partial charge is 0.348 e. The predicted molar refractivity (Wildman–Crippen MR) is 125 cm³/mol. The highest BCUT2D eigenvalue weighted by atomic mass is 35.5. The van der Waals surface area contributed by atoms with Crippen LogP contribution >= 0.6 is 22.9 Å². The summed E-state index contributed by atoms with van der Waals surface area (Å²) in [5.74, 6) is -0.717. The van der Waals surface area contributed by atoms with Crippen molar-refractivity contribution in [1.82, 2.24) is 0 Å². The van der Waals surface area contributed by atoms with Crippen LogP contribution in [0.1, 0.15) is 51.6 Å². The van der Waals surface area contributed by atoms with Crippen molar-refractivity contribution in [3.8, 4) is 0 Å². The number of thiophene rings is 1. The summed E-state index contributed by atoms with van der Waals surface area (Å²) in [4.78, 5) is 39.2. The minimum Gasteiger partial charge on any atom is -0.456 e. The molecule has 1 atom stereocenters. The van der Waals surface area contributed by atoms with Crippen molar-refractivity contribution in [1.29, 1.82) is 0 Å². The fourth-order valence-corrected chi connectivity index (χ4v) is 5.00. The fourth-order valence-electron chi connectivity index (χ4n) is 3.92. The zero-order valence-electron chi connectivity index (χ0n) is 17.8. The number of halogens is 1. The van der Waals surface area contributed by atoms with Gasteiger partial charge in [-0.3, -0.25) is 14.9 Å². The molecule has 7 nitrogen and oxygen atoms in total. The Morgan fingerprint density at radius 1 is 1.19 bits per heavy atom. The zero-order chi connectivity index (χ0) is 23.2. The van der Waals surface area contributed by atoms with E-state index < -0.39 is 16.5 Å². The molecule has 9 heteroatoms. The van der Waals surface area contributed by atoms with Crippen LogP contribution in [-0.2, 0) is 4.74 Å². The number of rotatable bonds is 4. The summed E-state index contributed by atoms with van der Waals surface area (Å²) in [6.45, 7) is 5.63. The molecule has 0 bridgehead atoms. The number of nitrogens with zero attached hydrogens (tertiary/aromatic N) is 2. The van der Waals surface area contributed by atoms with Crippen LogP contribution in [0.5, 0.6) is 0 Å². The Morgan fingerprint density at radius 3 is 2.47 bits per heavy atom. The molecule has 0 spiro atoms. The average Bonchev–Trinajstić information content (AvgIpc) is 3.36. The number of hydrogen-bond acceptors (Lipinski definition) is 6. The number of anilines is 1. The maximum absolute atomic E-state index is 13.4. The molecule has 2 heterocycles. The SMILES string of the molecule is CC(C)(C)OC(=O)c1ccc(C(=O)N2C[C@@H](CCl)c3c2cc([N+](=O)[O-])c2ccccc32)s1. The highest BCUT2D eigenvalue weighted by molar-refractivity contribution is 7.16. The second-order valence-electron chi connectivity index (χ2n) is 8.56. The maximum Gasteiger partial charge on any atom is 0.348 e. The van der Waals surface area contributed by atoms with Crippen LogP contribution in [0.15, 0.2) is 42.5 Å². The summed E-state index contributed by atoms with van der Waals surface area (Å²) in [7, 11) is 0. The number of nitro groups is 1. The molecule has 4 rings (SSSR count). The van der Waals surface area contributed by atoms with Crippen LogP contribution in [0.25, 0.3) is 10.8 Å². The molecular weight excluding hydrogens is 452 g/mol. The van der Waals surface area contributed by atoms with Crippen LogP contribution < -0.4 is 4.90 Å². The molecule has 32 heavy (non-hydrogen) atoms. The quantitative estimate of drug-likeness (QED) is 0.209. The van der Waals surface area contributed by atoms with E-state index in [9.17, 15) is 19.7 Å². The molecule has 166 valence electrons. The summed E-state index contributed by atoms with van der Waals surface area (Å²) in [5, 5.41) is 13.0. The number of benzene rings is 2. The van der Waals surface area contributed by atoms with Gasteiger partial charge in [0, 0.05) is 24.4 Å². The number of alkyl halides is 1. The van der Waals surface area contributed by atoms with Crippen molar-refractivity contribution < 1.29 is 19.2 Å². The first-order valence-electron chi connectivity index (χ1n) is 10.0. The van der Waals surface area contributed by atoms with Gasteiger partial charge in [0.2, 0.25) is 0 Å². The molecule has 0 aliphatic carbocycles. The molecule has 0 saturated carbocycles. The molecule has 2 aromatic carbocycles. The van der Waals surface area contributed by atoms with Crippen LogP contribution in [-0.4, -0.2) is 34.8 Å². The number of hydrogen-bond donors (Lipinski definition) is 0. The number of ether oxygens (including phenoxy) is 1. The van der Waals surface area contributed by atoms with Crippen molar-refractivity contribution in [2.45, 2.75) is 32.3 Å². The Labute approximate surface area is 193 Å². The number of carbonyl (C=O) groups is 2. The van der Waals surface area contributed by atoms with Crippen LogP contribution in [0.2, 0.25) is 0 Å². The van der Waals surface area contributed by atoms with Crippen molar-refractivity contribution in [2.75, 3.05) is 17.3 Å². The Hall–Kier alpha value is -2.97. The number of carbonyl (C=O) groups excluding carboxylic acids is 2. The van der Waals surface area contributed by atoms with Gasteiger partial charge in [0.25, 0.3) is 11.6 Å². The van der Waals surface area contributed by atoms with Crippen LogP contribution in [0, 0.1) is 10.1 Å². The normalized spacial score (nSPS) is 15.6. The predicted octanol–water partition coefficient (Wildman–Crippen LogP) is 5.75. The number of nitro benzene ring substituents is 1. The van der Waals surface area contributed by atoms with Gasteiger partial charge in [-0.05, 0) is 49.9 Å². The summed E-state index contributed by atoms with van der Waals surface area (Å²) >= 11 is 7.27. The van der Waals surface area contributed by atoms with E-state index in [-0.39, 0.29) is 23.4 Å². The summed E-state index contributed by atoms with van der Waals surface area (Å²) < 4.78 is 5.38. The van der Waals surface area contributed by atoms with E-state index in [2.05, 4.69) is 0 Å². The molecule has 0 fully saturated rings. The third-order valence-corrected chi connectivity index (χ3v) is 6.62. The second kappa shape index (κ2) is 8.18. The van der Waals surface area contributed by atoms with E-state index in [1.807, 2.05) is 12.1 Å². The largest absolute Gasteiger partial charge is 0.456 e. The zero-order valence-corrected chi connectivity index (χ0v) is 19.3. The Morgan fingerprint density at radius 2 is 1.84 bits per heavy atom. The topological polar surface area (TPSA) is 89.8 Å². The minimum absolute atomic E-state index is 0.0620. The lowest BCUT2D eigenvalue weighted by Gasteiger charge is -2.18. The van der Waals surface area contributed by atoms with E-state index in [1.165, 1.54) is 11.0 Å². The van der Waals surface area contributed by atoms with Gasteiger partial charge in [-0.15, -0.1) is 22.9 Å². The lowest BCUT2D eigenvalue weighted by Crippen LogP contribution is -2.29. The molecule has 0 saturated heterocycles. The third kappa shape index (κ3) is 3.96. The lowest BCUT2D eigenvalue weighted by molar-refractivity contribution is -0.383. The molecule has 1 aromatic heterocycles. The molecule has 3 aromatic rings. The molecular formula is C23H21ClN2O5S. The molecule has 1 amide bonds. The van der Waals surface area contributed by atoms with Crippen molar-refractivity contribution in [2.24, 2.45) is 0 Å². The van der Waals surface area contributed by atoms with Crippen LogP contribution in [0.4, 0.5) is 11.4 Å². The summed E-state index contributed by atoms with van der Waals surface area (Å²) in [6, 6.07) is 11.7. The molecule has 1 aliphatic heterocycles.